The largest absolute Gasteiger partial charge is 0.444 e. The Bertz CT molecular complexity index is 1390. The van der Waals surface area contributed by atoms with Crippen molar-refractivity contribution in [2.75, 3.05) is 23.9 Å². The van der Waals surface area contributed by atoms with Crippen molar-refractivity contribution in [2.45, 2.75) is 97.2 Å². The minimum absolute atomic E-state index is 0.288. The number of nitrogens with zero attached hydrogens (tertiary/aromatic N) is 1. The van der Waals surface area contributed by atoms with Gasteiger partial charge in [0.25, 0.3) is 5.91 Å². The number of nitrogens with one attached hydrogen (secondary N) is 2. The summed E-state index contributed by atoms with van der Waals surface area (Å²) in [7, 11) is 0. The van der Waals surface area contributed by atoms with E-state index in [1.807, 2.05) is 73.0 Å². The van der Waals surface area contributed by atoms with Crippen LogP contribution < -0.4 is 10.6 Å². The minimum Gasteiger partial charge on any atom is -0.444 e. The van der Waals surface area contributed by atoms with Crippen molar-refractivity contribution in [3.63, 3.8) is 0 Å². The quantitative estimate of drug-likeness (QED) is 0.154. The second-order valence-electron chi connectivity index (χ2n) is 12.5. The van der Waals surface area contributed by atoms with Gasteiger partial charge in [-0.25, -0.2) is 4.79 Å². The lowest BCUT2D eigenvalue weighted by Crippen LogP contribution is -2.52. The molecule has 2 unspecified atom stereocenters. The number of carbonyl (C=O) groups is 3. The van der Waals surface area contributed by atoms with E-state index in [0.717, 1.165) is 60.4 Å². The first kappa shape index (κ1) is 36.0. The van der Waals surface area contributed by atoms with E-state index < -0.39 is 23.8 Å². The molecule has 3 aromatic rings. The molecule has 3 amide bonds. The molecule has 3 aromatic carbocycles. The molecule has 3 rings (SSSR count). The van der Waals surface area contributed by atoms with Gasteiger partial charge < -0.3 is 20.3 Å². The van der Waals surface area contributed by atoms with Gasteiger partial charge in [0.2, 0.25) is 5.91 Å². The second-order valence-corrected chi connectivity index (χ2v) is 13.5. The third-order valence-electron chi connectivity index (χ3n) is 7.67. The summed E-state index contributed by atoms with van der Waals surface area (Å²) in [5.41, 5.74) is 1.83. The van der Waals surface area contributed by atoms with Gasteiger partial charge in [0, 0.05) is 12.2 Å². The average molecular weight is 634 g/mol. The molecule has 0 saturated heterocycles. The second kappa shape index (κ2) is 17.8. The Morgan fingerprint density at radius 2 is 1.58 bits per heavy atom. The highest BCUT2D eigenvalue weighted by molar-refractivity contribution is 7.98. The van der Waals surface area contributed by atoms with Gasteiger partial charge in [-0.1, -0.05) is 94.1 Å². The number of anilines is 1. The number of aryl methyl sites for hydroxylation is 1. The molecule has 2 atom stereocenters. The van der Waals surface area contributed by atoms with Gasteiger partial charge in [0.1, 0.15) is 17.7 Å². The van der Waals surface area contributed by atoms with Gasteiger partial charge in [-0.2, -0.15) is 11.8 Å². The Morgan fingerprint density at radius 1 is 0.889 bits per heavy atom. The number of unbranched alkanes of at least 4 members (excludes halogenated alkanes) is 4. The van der Waals surface area contributed by atoms with E-state index in [9.17, 15) is 14.4 Å². The highest BCUT2D eigenvalue weighted by Crippen LogP contribution is 2.28. The van der Waals surface area contributed by atoms with E-state index in [1.165, 1.54) is 0 Å². The fourth-order valence-electron chi connectivity index (χ4n) is 5.28. The number of thioether (sulfide) groups is 1. The summed E-state index contributed by atoms with van der Waals surface area (Å²) in [5.74, 6) is 0.0799. The lowest BCUT2D eigenvalue weighted by molar-refractivity contribution is -0.141. The molecule has 244 valence electrons. The predicted octanol–water partition coefficient (Wildman–Crippen LogP) is 8.53. The fraction of sp³-hybridized carbons (Fsp3) is 0.486. The SMILES string of the molecule is CCCCCCCN(C(=O)C(CCSC)NC(=O)OC(C)(C)C)C(C(=O)Nc1ccc2ccccc2c1)c1ccc(CC)cc1. The number of hydrogen-bond donors (Lipinski definition) is 2. The van der Waals surface area contributed by atoms with Crippen LogP contribution in [0.1, 0.15) is 90.3 Å². The molecule has 0 aliphatic heterocycles. The number of hydrogen-bond acceptors (Lipinski definition) is 5. The number of amides is 3. The lowest BCUT2D eigenvalue weighted by atomic mass is 9.99. The third-order valence-corrected chi connectivity index (χ3v) is 8.31. The van der Waals surface area contributed by atoms with E-state index in [4.69, 9.17) is 4.74 Å². The molecule has 2 N–H and O–H groups in total. The number of alkyl carbamates (subject to hydrolysis) is 1. The smallest absolute Gasteiger partial charge is 0.408 e. The maximum Gasteiger partial charge on any atom is 0.408 e. The molecular weight excluding hydrogens is 582 g/mol. The number of carbonyl (C=O) groups excluding carboxylic acids is 3. The highest BCUT2D eigenvalue weighted by Gasteiger charge is 2.36. The van der Waals surface area contributed by atoms with Gasteiger partial charge in [-0.15, -0.1) is 0 Å². The third kappa shape index (κ3) is 11.4. The maximum absolute atomic E-state index is 14.5. The van der Waals surface area contributed by atoms with Crippen molar-refractivity contribution in [1.29, 1.82) is 0 Å². The Morgan fingerprint density at radius 3 is 2.22 bits per heavy atom. The Kier molecular flexibility index (Phi) is 14.2. The molecule has 0 aliphatic carbocycles. The van der Waals surface area contributed by atoms with Crippen molar-refractivity contribution in [1.82, 2.24) is 10.2 Å². The van der Waals surface area contributed by atoms with Crippen LogP contribution in [0.4, 0.5) is 10.5 Å². The molecule has 0 bridgehead atoms. The van der Waals surface area contributed by atoms with E-state index in [-0.39, 0.29) is 11.8 Å². The van der Waals surface area contributed by atoms with Crippen molar-refractivity contribution in [3.05, 3.63) is 77.9 Å². The Hall–Kier alpha value is -3.52. The van der Waals surface area contributed by atoms with Gasteiger partial charge in [-0.3, -0.25) is 9.59 Å². The van der Waals surface area contributed by atoms with Crippen molar-refractivity contribution < 1.29 is 19.1 Å². The molecule has 8 heteroatoms. The van der Waals surface area contributed by atoms with Crippen LogP contribution in [0.2, 0.25) is 0 Å². The van der Waals surface area contributed by atoms with Crippen molar-refractivity contribution in [2.24, 2.45) is 0 Å². The average Bonchev–Trinajstić information content (AvgIpc) is 3.01. The van der Waals surface area contributed by atoms with Crippen LogP contribution in [0.25, 0.3) is 10.8 Å². The van der Waals surface area contributed by atoms with E-state index in [2.05, 4.69) is 24.5 Å². The topological polar surface area (TPSA) is 87.7 Å². The minimum atomic E-state index is -0.890. The van der Waals surface area contributed by atoms with Crippen molar-refractivity contribution >= 4 is 46.1 Å². The number of ether oxygens (including phenoxy) is 1. The summed E-state index contributed by atoms with van der Waals surface area (Å²) >= 11 is 1.60. The summed E-state index contributed by atoms with van der Waals surface area (Å²) in [6, 6.07) is 20.0. The van der Waals surface area contributed by atoms with Crippen LogP contribution in [0, 0.1) is 0 Å². The summed E-state index contributed by atoms with van der Waals surface area (Å²) in [6.45, 7) is 10.0. The van der Waals surface area contributed by atoms with Gasteiger partial charge >= 0.3 is 6.09 Å². The van der Waals surface area contributed by atoms with Gasteiger partial charge in [0.05, 0.1) is 0 Å². The molecule has 0 radical (unpaired) electrons. The van der Waals surface area contributed by atoms with Crippen LogP contribution in [0.5, 0.6) is 0 Å². The number of fused-ring (bicyclic) bond motifs is 1. The Balaban J connectivity index is 2.02. The first-order chi connectivity index (χ1) is 21.6. The Labute approximate surface area is 273 Å². The molecule has 0 aliphatic rings. The zero-order valence-corrected chi connectivity index (χ0v) is 28.7. The molecule has 0 aromatic heterocycles. The van der Waals surface area contributed by atoms with Crippen LogP contribution in [0.15, 0.2) is 66.7 Å². The van der Waals surface area contributed by atoms with Gasteiger partial charge in [-0.05, 0) is 86.1 Å². The van der Waals surface area contributed by atoms with Gasteiger partial charge in [0.15, 0.2) is 0 Å². The molecule has 0 heterocycles. The predicted molar refractivity (Wildman–Crippen MR) is 188 cm³/mol. The molecule has 0 fully saturated rings. The molecule has 45 heavy (non-hydrogen) atoms. The zero-order valence-electron chi connectivity index (χ0n) is 27.9. The van der Waals surface area contributed by atoms with Crippen LogP contribution in [-0.4, -0.2) is 53.0 Å². The normalized spacial score (nSPS) is 12.8. The summed E-state index contributed by atoms with van der Waals surface area (Å²) in [4.78, 5) is 43.4. The van der Waals surface area contributed by atoms with E-state index in [1.54, 1.807) is 37.4 Å². The monoisotopic (exact) mass is 633 g/mol. The summed E-state index contributed by atoms with van der Waals surface area (Å²) < 4.78 is 5.53. The number of rotatable bonds is 16. The molecule has 0 spiro atoms. The van der Waals surface area contributed by atoms with Crippen LogP contribution in [-0.2, 0) is 20.7 Å². The van der Waals surface area contributed by atoms with Crippen LogP contribution in [0.3, 0.4) is 0 Å². The highest BCUT2D eigenvalue weighted by atomic mass is 32.2. The maximum atomic E-state index is 14.5. The lowest BCUT2D eigenvalue weighted by Gasteiger charge is -2.34. The summed E-state index contributed by atoms with van der Waals surface area (Å²) in [6.07, 6.45) is 7.59. The zero-order chi connectivity index (χ0) is 32.8. The fourth-order valence-corrected chi connectivity index (χ4v) is 5.75. The molecule has 7 nitrogen and oxygen atoms in total. The standard InChI is InChI=1S/C37H51N3O4S/c1-7-9-10-11-14-24-40(35(42)32(23-25-45-6)39-36(43)44-37(3,4)5)33(29-19-17-27(8-2)18-20-29)34(41)38-31-22-21-28-15-12-13-16-30(28)26-31/h12-13,15-22,26,32-33H,7-11,14,23-25H2,1-6H3,(H,38,41)(H,39,43). The molecular formula is C37H51N3O4S. The van der Waals surface area contributed by atoms with E-state index >= 15 is 0 Å². The summed E-state index contributed by atoms with van der Waals surface area (Å²) in [5, 5.41) is 8.04. The van der Waals surface area contributed by atoms with Crippen molar-refractivity contribution in [3.8, 4) is 0 Å². The van der Waals surface area contributed by atoms with Crippen LogP contribution >= 0.6 is 11.8 Å². The molecule has 0 saturated carbocycles. The number of benzene rings is 3. The van der Waals surface area contributed by atoms with E-state index in [0.29, 0.717) is 24.4 Å². The first-order valence-electron chi connectivity index (χ1n) is 16.2. The first-order valence-corrected chi connectivity index (χ1v) is 17.6.